The lowest BCUT2D eigenvalue weighted by Crippen LogP contribution is -2.30. The Kier molecular flexibility index (Phi) is 5.38. The van der Waals surface area contributed by atoms with Gasteiger partial charge in [0.05, 0.1) is 11.6 Å². The molecule has 1 aliphatic carbocycles. The molecule has 0 atom stereocenters. The van der Waals surface area contributed by atoms with Gasteiger partial charge in [0.2, 0.25) is 0 Å². The minimum atomic E-state index is 0.287. The van der Waals surface area contributed by atoms with Gasteiger partial charge in [-0.3, -0.25) is 0 Å². The maximum atomic E-state index is 6.13. The SMILES string of the molecule is Clc1ccccc1OCC1(CBr)CCCCCC1. The first-order chi connectivity index (χ1) is 8.76. The highest BCUT2D eigenvalue weighted by Gasteiger charge is 2.30. The Morgan fingerprint density at radius 3 is 2.39 bits per heavy atom. The first kappa shape index (κ1) is 14.2. The highest BCUT2D eigenvalue weighted by molar-refractivity contribution is 9.09. The summed E-state index contributed by atoms with van der Waals surface area (Å²) >= 11 is 9.81. The number of alkyl halides is 1. The molecule has 1 aliphatic rings. The van der Waals surface area contributed by atoms with Crippen LogP contribution < -0.4 is 4.74 Å². The van der Waals surface area contributed by atoms with Crippen LogP contribution in [0.3, 0.4) is 0 Å². The van der Waals surface area contributed by atoms with Crippen LogP contribution in [0.4, 0.5) is 0 Å². The summed E-state index contributed by atoms with van der Waals surface area (Å²) in [4.78, 5) is 0. The van der Waals surface area contributed by atoms with Crippen molar-refractivity contribution in [3.05, 3.63) is 29.3 Å². The minimum absolute atomic E-state index is 0.287. The average Bonchev–Trinajstić information content (AvgIpc) is 2.64. The maximum absolute atomic E-state index is 6.13. The molecule has 100 valence electrons. The lowest BCUT2D eigenvalue weighted by molar-refractivity contribution is 0.149. The molecular weight excluding hydrogens is 312 g/mol. The molecule has 18 heavy (non-hydrogen) atoms. The second-order valence-electron chi connectivity index (χ2n) is 5.27. The van der Waals surface area contributed by atoms with E-state index in [0.717, 1.165) is 17.7 Å². The molecule has 1 aromatic rings. The van der Waals surface area contributed by atoms with Gasteiger partial charge >= 0.3 is 0 Å². The number of hydrogen-bond donors (Lipinski definition) is 0. The summed E-state index contributed by atoms with van der Waals surface area (Å²) in [5, 5.41) is 1.72. The molecule has 0 heterocycles. The molecule has 1 nitrogen and oxygen atoms in total. The molecule has 0 amide bonds. The molecule has 0 N–H and O–H groups in total. The van der Waals surface area contributed by atoms with Crippen molar-refractivity contribution in [2.24, 2.45) is 5.41 Å². The topological polar surface area (TPSA) is 9.23 Å². The van der Waals surface area contributed by atoms with Crippen LogP contribution in [0.5, 0.6) is 5.75 Å². The molecule has 0 radical (unpaired) electrons. The Bertz CT molecular complexity index is 373. The van der Waals surface area contributed by atoms with Crippen LogP contribution in [0.15, 0.2) is 24.3 Å². The van der Waals surface area contributed by atoms with Gasteiger partial charge in [0.1, 0.15) is 5.75 Å². The largest absolute Gasteiger partial charge is 0.491 e. The maximum Gasteiger partial charge on any atom is 0.137 e. The van der Waals surface area contributed by atoms with Gasteiger partial charge in [0.25, 0.3) is 0 Å². The summed E-state index contributed by atoms with van der Waals surface area (Å²) in [6.45, 7) is 0.766. The van der Waals surface area contributed by atoms with Crippen LogP contribution in [0.1, 0.15) is 38.5 Å². The lowest BCUT2D eigenvalue weighted by Gasteiger charge is -2.30. The summed E-state index contributed by atoms with van der Waals surface area (Å²) in [5.41, 5.74) is 0.287. The van der Waals surface area contributed by atoms with Gasteiger partial charge in [-0.1, -0.05) is 65.3 Å². The second-order valence-corrected chi connectivity index (χ2v) is 6.23. The van der Waals surface area contributed by atoms with Gasteiger partial charge in [-0.2, -0.15) is 0 Å². The van der Waals surface area contributed by atoms with Crippen LogP contribution in [-0.4, -0.2) is 11.9 Å². The van der Waals surface area contributed by atoms with E-state index in [0.29, 0.717) is 5.02 Å². The smallest absolute Gasteiger partial charge is 0.137 e. The normalized spacial score (nSPS) is 19.2. The summed E-state index contributed by atoms with van der Waals surface area (Å²) in [6.07, 6.45) is 7.86. The standard InChI is InChI=1S/C15H20BrClO/c16-11-15(9-5-1-2-6-10-15)12-18-14-8-4-3-7-13(14)17/h3-4,7-8H,1-2,5-6,9-12H2. The quantitative estimate of drug-likeness (QED) is 0.526. The molecule has 2 rings (SSSR count). The molecular formula is C15H20BrClO. The first-order valence-electron chi connectivity index (χ1n) is 6.69. The van der Waals surface area contributed by atoms with E-state index in [2.05, 4.69) is 15.9 Å². The summed E-state index contributed by atoms with van der Waals surface area (Å²) < 4.78 is 5.96. The lowest BCUT2D eigenvalue weighted by atomic mass is 9.83. The molecule has 1 aromatic carbocycles. The highest BCUT2D eigenvalue weighted by Crippen LogP contribution is 2.37. The zero-order valence-electron chi connectivity index (χ0n) is 10.6. The van der Waals surface area contributed by atoms with Crippen LogP contribution >= 0.6 is 27.5 Å². The molecule has 0 saturated heterocycles. The van der Waals surface area contributed by atoms with Crippen molar-refractivity contribution >= 4 is 27.5 Å². The van der Waals surface area contributed by atoms with Crippen molar-refractivity contribution in [2.45, 2.75) is 38.5 Å². The minimum Gasteiger partial charge on any atom is -0.491 e. The van der Waals surface area contributed by atoms with Crippen LogP contribution in [-0.2, 0) is 0 Å². The second kappa shape index (κ2) is 6.81. The summed E-state index contributed by atoms with van der Waals surface area (Å²) in [7, 11) is 0. The van der Waals surface area contributed by atoms with Crippen molar-refractivity contribution in [1.29, 1.82) is 0 Å². The number of halogens is 2. The van der Waals surface area contributed by atoms with Crippen molar-refractivity contribution in [1.82, 2.24) is 0 Å². The van der Waals surface area contributed by atoms with Gasteiger partial charge in [0, 0.05) is 10.7 Å². The average molecular weight is 332 g/mol. The molecule has 0 unspecified atom stereocenters. The third-order valence-electron chi connectivity index (χ3n) is 3.82. The highest BCUT2D eigenvalue weighted by atomic mass is 79.9. The predicted molar refractivity (Wildman–Crippen MR) is 80.9 cm³/mol. The fourth-order valence-electron chi connectivity index (χ4n) is 2.59. The Morgan fingerprint density at radius 1 is 1.11 bits per heavy atom. The molecule has 0 bridgehead atoms. The Balaban J connectivity index is 2.00. The summed E-state index contributed by atoms with van der Waals surface area (Å²) in [6, 6.07) is 7.72. The van der Waals surface area contributed by atoms with E-state index in [1.807, 2.05) is 24.3 Å². The summed E-state index contributed by atoms with van der Waals surface area (Å²) in [5.74, 6) is 0.809. The third kappa shape index (κ3) is 3.64. The van der Waals surface area contributed by atoms with Crippen molar-refractivity contribution in [2.75, 3.05) is 11.9 Å². The van der Waals surface area contributed by atoms with Gasteiger partial charge in [-0.05, 0) is 25.0 Å². The Labute approximate surface area is 123 Å². The van der Waals surface area contributed by atoms with Crippen molar-refractivity contribution in [3.63, 3.8) is 0 Å². The monoisotopic (exact) mass is 330 g/mol. The number of para-hydroxylation sites is 1. The van der Waals surface area contributed by atoms with Gasteiger partial charge in [0.15, 0.2) is 0 Å². The zero-order valence-corrected chi connectivity index (χ0v) is 13.0. The fraction of sp³-hybridized carbons (Fsp3) is 0.600. The van der Waals surface area contributed by atoms with E-state index in [9.17, 15) is 0 Å². The Hall–Kier alpha value is -0.210. The van der Waals surface area contributed by atoms with E-state index >= 15 is 0 Å². The molecule has 1 fully saturated rings. The number of hydrogen-bond acceptors (Lipinski definition) is 1. The van der Waals surface area contributed by atoms with Crippen LogP contribution in [0.2, 0.25) is 5.02 Å². The van der Waals surface area contributed by atoms with E-state index in [1.54, 1.807) is 0 Å². The first-order valence-corrected chi connectivity index (χ1v) is 8.19. The van der Waals surface area contributed by atoms with Crippen molar-refractivity contribution < 1.29 is 4.74 Å². The molecule has 0 aromatic heterocycles. The number of rotatable bonds is 4. The number of ether oxygens (including phenoxy) is 1. The van der Waals surface area contributed by atoms with Gasteiger partial charge in [-0.15, -0.1) is 0 Å². The molecule has 0 aliphatic heterocycles. The van der Waals surface area contributed by atoms with Crippen LogP contribution in [0.25, 0.3) is 0 Å². The fourth-order valence-corrected chi connectivity index (χ4v) is 3.50. The number of benzene rings is 1. The van der Waals surface area contributed by atoms with Gasteiger partial charge < -0.3 is 4.74 Å². The van der Waals surface area contributed by atoms with Crippen LogP contribution in [0, 0.1) is 5.41 Å². The Morgan fingerprint density at radius 2 is 1.78 bits per heavy atom. The zero-order chi connectivity index (χ0) is 12.8. The third-order valence-corrected chi connectivity index (χ3v) is 5.32. The molecule has 1 saturated carbocycles. The van der Waals surface area contributed by atoms with Crippen molar-refractivity contribution in [3.8, 4) is 5.75 Å². The molecule has 3 heteroatoms. The van der Waals surface area contributed by atoms with E-state index in [-0.39, 0.29) is 5.41 Å². The van der Waals surface area contributed by atoms with Gasteiger partial charge in [-0.25, -0.2) is 0 Å². The van der Waals surface area contributed by atoms with E-state index < -0.39 is 0 Å². The van der Waals surface area contributed by atoms with E-state index in [4.69, 9.17) is 16.3 Å². The predicted octanol–water partition coefficient (Wildman–Crippen LogP) is 5.45. The molecule has 0 spiro atoms. The van der Waals surface area contributed by atoms with E-state index in [1.165, 1.54) is 38.5 Å².